The number of nitrogens with one attached hydrogen (secondary N) is 1. The van der Waals surface area contributed by atoms with Gasteiger partial charge in [-0.3, -0.25) is 14.9 Å². The maximum Gasteiger partial charge on any atom is 0.453 e. The number of allylic oxidation sites excluding steroid dienone is 2. The summed E-state index contributed by atoms with van der Waals surface area (Å²) in [6.45, 7) is 3.80. The van der Waals surface area contributed by atoms with Crippen LogP contribution in [-0.2, 0) is 11.0 Å². The molecule has 0 fully saturated rings. The third kappa shape index (κ3) is 3.26. The third-order valence-electron chi connectivity index (χ3n) is 5.01. The number of nitro benzene ring substituents is 1. The highest BCUT2D eigenvalue weighted by atomic mass is 19.4. The standard InChI is InChI=1S/C18H16F3N5O3/c1-17(2)7-11-13(12(27)8-17)14(9-3-5-10(6-4-9)26(28)29)25-16(22-11)23-15(24-25)18(19,20)21/h3-6,14H,7-8H2,1-2H3,(H,22,23,24). The smallest absolute Gasteiger partial charge is 0.328 e. The molecule has 1 atom stereocenters. The second-order valence-electron chi connectivity index (χ2n) is 7.91. The molecular weight excluding hydrogens is 391 g/mol. The average Bonchev–Trinajstić information content (AvgIpc) is 3.03. The molecule has 1 aliphatic heterocycles. The highest BCUT2D eigenvalue weighted by molar-refractivity contribution is 6.00. The molecule has 2 aromatic rings. The van der Waals surface area contributed by atoms with Gasteiger partial charge in [-0.05, 0) is 29.5 Å². The highest BCUT2D eigenvalue weighted by Crippen LogP contribution is 2.46. The van der Waals surface area contributed by atoms with E-state index in [1.807, 2.05) is 13.8 Å². The number of nitro groups is 1. The van der Waals surface area contributed by atoms with Crippen LogP contribution in [0.25, 0.3) is 0 Å². The second-order valence-corrected chi connectivity index (χ2v) is 7.91. The van der Waals surface area contributed by atoms with Gasteiger partial charge in [-0.25, -0.2) is 4.68 Å². The minimum Gasteiger partial charge on any atom is -0.328 e. The van der Waals surface area contributed by atoms with Gasteiger partial charge in [0, 0.05) is 29.8 Å². The summed E-state index contributed by atoms with van der Waals surface area (Å²) in [5.74, 6) is -1.65. The molecule has 0 amide bonds. The monoisotopic (exact) mass is 407 g/mol. The predicted octanol–water partition coefficient (Wildman–Crippen LogP) is 3.86. The fourth-order valence-corrected chi connectivity index (χ4v) is 3.82. The quantitative estimate of drug-likeness (QED) is 0.599. The fraction of sp³-hybridized carbons (Fsp3) is 0.389. The van der Waals surface area contributed by atoms with E-state index in [9.17, 15) is 28.1 Å². The molecule has 8 nitrogen and oxygen atoms in total. The number of benzene rings is 1. The van der Waals surface area contributed by atoms with Crippen molar-refractivity contribution in [2.24, 2.45) is 5.41 Å². The molecule has 152 valence electrons. The Morgan fingerprint density at radius 1 is 1.24 bits per heavy atom. The number of rotatable bonds is 2. The van der Waals surface area contributed by atoms with Gasteiger partial charge >= 0.3 is 6.18 Å². The van der Waals surface area contributed by atoms with E-state index in [0.717, 1.165) is 4.68 Å². The summed E-state index contributed by atoms with van der Waals surface area (Å²) in [6.07, 6.45) is -4.07. The van der Waals surface area contributed by atoms with Crippen LogP contribution < -0.4 is 5.32 Å². The van der Waals surface area contributed by atoms with Crippen molar-refractivity contribution in [2.75, 3.05) is 5.32 Å². The summed E-state index contributed by atoms with van der Waals surface area (Å²) in [4.78, 5) is 26.9. The highest BCUT2D eigenvalue weighted by Gasteiger charge is 2.44. The number of aromatic nitrogens is 3. The van der Waals surface area contributed by atoms with E-state index in [1.165, 1.54) is 24.3 Å². The van der Waals surface area contributed by atoms with Gasteiger partial charge in [0.25, 0.3) is 11.5 Å². The Morgan fingerprint density at radius 3 is 2.48 bits per heavy atom. The predicted molar refractivity (Wildman–Crippen MR) is 94.9 cm³/mol. The zero-order chi connectivity index (χ0) is 21.1. The van der Waals surface area contributed by atoms with Crippen LogP contribution in [0.15, 0.2) is 35.5 Å². The van der Waals surface area contributed by atoms with Gasteiger partial charge < -0.3 is 5.32 Å². The maximum atomic E-state index is 13.2. The van der Waals surface area contributed by atoms with Crippen LogP contribution in [0.3, 0.4) is 0 Å². The number of hydrogen-bond donors (Lipinski definition) is 1. The van der Waals surface area contributed by atoms with Crippen molar-refractivity contribution in [3.8, 4) is 0 Å². The molecule has 1 aliphatic carbocycles. The van der Waals surface area contributed by atoms with Crippen LogP contribution in [0.4, 0.5) is 24.8 Å². The van der Waals surface area contributed by atoms with Crippen LogP contribution in [0.1, 0.15) is 44.1 Å². The molecule has 2 aliphatic rings. The number of carbonyl (C=O) groups excluding carboxylic acids is 1. The molecule has 0 radical (unpaired) electrons. The number of ketones is 1. The van der Waals surface area contributed by atoms with Crippen molar-refractivity contribution in [2.45, 2.75) is 38.9 Å². The molecule has 0 bridgehead atoms. The first-order valence-electron chi connectivity index (χ1n) is 8.78. The Kier molecular flexibility index (Phi) is 4.03. The Morgan fingerprint density at radius 2 is 1.90 bits per heavy atom. The lowest BCUT2D eigenvalue weighted by atomic mass is 9.73. The zero-order valence-electron chi connectivity index (χ0n) is 15.4. The molecule has 1 unspecified atom stereocenters. The average molecular weight is 407 g/mol. The van der Waals surface area contributed by atoms with Crippen molar-refractivity contribution in [1.29, 1.82) is 0 Å². The van der Waals surface area contributed by atoms with Crippen LogP contribution in [0.2, 0.25) is 0 Å². The van der Waals surface area contributed by atoms with Gasteiger partial charge in [0.15, 0.2) is 5.78 Å². The van der Waals surface area contributed by atoms with Crippen LogP contribution in [0.5, 0.6) is 0 Å². The number of alkyl halides is 3. The Balaban J connectivity index is 1.89. The number of carbonyl (C=O) groups is 1. The number of nitrogens with zero attached hydrogens (tertiary/aromatic N) is 4. The van der Waals surface area contributed by atoms with Crippen molar-refractivity contribution in [3.05, 3.63) is 57.0 Å². The number of hydrogen-bond acceptors (Lipinski definition) is 6. The van der Waals surface area contributed by atoms with Crippen LogP contribution >= 0.6 is 0 Å². The molecule has 1 aromatic heterocycles. The number of Topliss-reactive ketones (excluding diaryl/α,β-unsaturated/α-hetero) is 1. The lowest BCUT2D eigenvalue weighted by Crippen LogP contribution is -2.36. The number of anilines is 1. The number of fused-ring (bicyclic) bond motifs is 1. The van der Waals surface area contributed by atoms with E-state index in [0.29, 0.717) is 23.3 Å². The molecule has 29 heavy (non-hydrogen) atoms. The van der Waals surface area contributed by atoms with Crippen LogP contribution in [0, 0.1) is 15.5 Å². The van der Waals surface area contributed by atoms with E-state index < -0.39 is 23.0 Å². The molecule has 0 saturated carbocycles. The van der Waals surface area contributed by atoms with Crippen molar-refractivity contribution < 1.29 is 22.9 Å². The molecule has 11 heteroatoms. The number of halogens is 3. The topological polar surface area (TPSA) is 103 Å². The first-order valence-corrected chi connectivity index (χ1v) is 8.78. The molecular formula is C18H16F3N5O3. The lowest BCUT2D eigenvalue weighted by molar-refractivity contribution is -0.384. The normalized spacial score (nSPS) is 20.7. The van der Waals surface area contributed by atoms with Gasteiger partial charge in [0.2, 0.25) is 5.95 Å². The Bertz CT molecular complexity index is 1050. The first-order chi connectivity index (χ1) is 13.5. The summed E-state index contributed by atoms with van der Waals surface area (Å²) >= 11 is 0. The molecule has 4 rings (SSSR count). The third-order valence-corrected chi connectivity index (χ3v) is 5.01. The van der Waals surface area contributed by atoms with Crippen LogP contribution in [-0.4, -0.2) is 25.5 Å². The lowest BCUT2D eigenvalue weighted by Gasteiger charge is -2.38. The second kappa shape index (κ2) is 6.13. The summed E-state index contributed by atoms with van der Waals surface area (Å²) in [6, 6.07) is 4.38. The maximum absolute atomic E-state index is 13.2. The minimum atomic E-state index is -4.75. The summed E-state index contributed by atoms with van der Waals surface area (Å²) in [7, 11) is 0. The summed E-state index contributed by atoms with van der Waals surface area (Å²) in [5, 5.41) is 17.4. The van der Waals surface area contributed by atoms with Gasteiger partial charge in [0.1, 0.15) is 6.04 Å². The zero-order valence-corrected chi connectivity index (χ0v) is 15.4. The fourth-order valence-electron chi connectivity index (χ4n) is 3.82. The van der Waals surface area contributed by atoms with Crippen molar-refractivity contribution in [1.82, 2.24) is 14.8 Å². The molecule has 1 aromatic carbocycles. The SMILES string of the molecule is CC1(C)CC(=O)C2=C(C1)Nc1nc(C(F)(F)F)nn1C2c1ccc([N+](=O)[O-])cc1. The van der Waals surface area contributed by atoms with E-state index >= 15 is 0 Å². The molecule has 2 heterocycles. The Hall–Kier alpha value is -3.24. The van der Waals surface area contributed by atoms with Gasteiger partial charge in [-0.2, -0.15) is 18.2 Å². The summed E-state index contributed by atoms with van der Waals surface area (Å²) < 4.78 is 40.6. The van der Waals surface area contributed by atoms with E-state index in [2.05, 4.69) is 15.4 Å². The minimum absolute atomic E-state index is 0.120. The van der Waals surface area contributed by atoms with E-state index in [-0.39, 0.29) is 29.3 Å². The number of non-ortho nitro benzene ring substituents is 1. The molecule has 0 saturated heterocycles. The summed E-state index contributed by atoms with van der Waals surface area (Å²) in [5.41, 5.74) is 0.700. The van der Waals surface area contributed by atoms with Gasteiger partial charge in [-0.15, -0.1) is 5.10 Å². The first kappa shape index (κ1) is 19.1. The molecule has 0 spiro atoms. The van der Waals surface area contributed by atoms with Gasteiger partial charge in [-0.1, -0.05) is 13.8 Å². The van der Waals surface area contributed by atoms with Gasteiger partial charge in [0.05, 0.1) is 4.92 Å². The van der Waals surface area contributed by atoms with Crippen molar-refractivity contribution >= 4 is 17.4 Å². The van der Waals surface area contributed by atoms with E-state index in [1.54, 1.807) is 0 Å². The van der Waals surface area contributed by atoms with Crippen molar-refractivity contribution in [3.63, 3.8) is 0 Å². The Labute approximate surface area is 162 Å². The van der Waals surface area contributed by atoms with E-state index in [4.69, 9.17) is 0 Å². The largest absolute Gasteiger partial charge is 0.453 e. The molecule has 1 N–H and O–H groups in total.